The fraction of sp³-hybridized carbons (Fsp3) is 0.500. The van der Waals surface area contributed by atoms with E-state index < -0.39 is 40.9 Å². The third-order valence-corrected chi connectivity index (χ3v) is 1.69. The van der Waals surface area contributed by atoms with Crippen LogP contribution in [0.3, 0.4) is 0 Å². The van der Waals surface area contributed by atoms with Crippen LogP contribution in [0.5, 0.6) is 0 Å². The van der Waals surface area contributed by atoms with E-state index in [9.17, 15) is 29.6 Å². The largest absolute Gasteiger partial charge is 0.481 e. The third kappa shape index (κ3) is 2.63. The summed E-state index contributed by atoms with van der Waals surface area (Å²) in [5.74, 6) is -6.41. The Kier molecular flexibility index (Phi) is 3.90. The van der Waals surface area contributed by atoms with E-state index in [2.05, 4.69) is 0 Å². The predicted molar refractivity (Wildman–Crippen MR) is 43.3 cm³/mol. The molecule has 0 aromatic carbocycles. The summed E-state index contributed by atoms with van der Waals surface area (Å²) in [6.45, 7) is 0. The molecule has 0 aliphatic rings. The van der Waals surface area contributed by atoms with Gasteiger partial charge in [-0.25, -0.2) is 9.59 Å². The lowest BCUT2D eigenvalue weighted by Crippen LogP contribution is -2.58. The van der Waals surface area contributed by atoms with E-state index in [1.165, 1.54) is 0 Å². The molecule has 0 saturated heterocycles. The van der Waals surface area contributed by atoms with Crippen molar-refractivity contribution in [3.05, 3.63) is 10.1 Å². The van der Waals surface area contributed by atoms with E-state index in [1.807, 2.05) is 0 Å². The molecular weight excluding hydrogens is 230 g/mol. The van der Waals surface area contributed by atoms with Crippen LogP contribution in [0, 0.1) is 10.1 Å². The number of nitro groups is 1. The zero-order valence-electron chi connectivity index (χ0n) is 7.56. The Labute approximate surface area is 86.9 Å². The highest BCUT2D eigenvalue weighted by atomic mass is 16.6. The fourth-order valence-electron chi connectivity index (χ4n) is 0.989. The van der Waals surface area contributed by atoms with Crippen molar-refractivity contribution < 1.29 is 39.7 Å². The van der Waals surface area contributed by atoms with Crippen molar-refractivity contribution >= 4 is 17.9 Å². The summed E-state index contributed by atoms with van der Waals surface area (Å²) in [7, 11) is 0. The van der Waals surface area contributed by atoms with Crippen LogP contribution in [0.15, 0.2) is 0 Å². The van der Waals surface area contributed by atoms with Crippen molar-refractivity contribution in [3.8, 4) is 0 Å². The van der Waals surface area contributed by atoms with Gasteiger partial charge in [0.25, 0.3) is 5.60 Å². The highest BCUT2D eigenvalue weighted by Crippen LogP contribution is 2.19. The second-order valence-corrected chi connectivity index (χ2v) is 2.83. The Morgan fingerprint density at radius 1 is 1.25 bits per heavy atom. The van der Waals surface area contributed by atoms with Crippen LogP contribution in [-0.4, -0.2) is 54.9 Å². The number of carboxylic acids is 3. The van der Waals surface area contributed by atoms with Gasteiger partial charge in [0.1, 0.15) is 0 Å². The van der Waals surface area contributed by atoms with Gasteiger partial charge in [-0.15, -0.1) is 0 Å². The van der Waals surface area contributed by atoms with Gasteiger partial charge in [-0.1, -0.05) is 0 Å². The molecule has 0 radical (unpaired) electrons. The minimum absolute atomic E-state index is 1.57. The summed E-state index contributed by atoms with van der Waals surface area (Å²) in [4.78, 5) is 39.9. The Morgan fingerprint density at radius 3 is 1.88 bits per heavy atom. The number of hydrogen-bond acceptors (Lipinski definition) is 6. The summed E-state index contributed by atoms with van der Waals surface area (Å²) in [5, 5.41) is 44.7. The van der Waals surface area contributed by atoms with Crippen molar-refractivity contribution in [1.82, 2.24) is 0 Å². The molecule has 2 unspecified atom stereocenters. The monoisotopic (exact) mass is 237 g/mol. The van der Waals surface area contributed by atoms with Gasteiger partial charge >= 0.3 is 23.9 Å². The number of carboxylic acid groups (broad SMARTS) is 3. The normalized spacial score (nSPS) is 15.8. The van der Waals surface area contributed by atoms with E-state index in [0.29, 0.717) is 0 Å². The molecule has 0 aliphatic heterocycles. The standard InChI is InChI=1S/C6H7NO9/c8-2(9)1-6(14,5(12)13)3(4(10)11)7(15)16/h3,14H,1H2,(H,8,9)(H,10,11)(H,12,13). The smallest absolute Gasteiger partial charge is 0.383 e. The number of nitrogens with zero attached hydrogens (tertiary/aromatic N) is 1. The van der Waals surface area contributed by atoms with E-state index in [-0.39, 0.29) is 0 Å². The van der Waals surface area contributed by atoms with Gasteiger partial charge in [0, 0.05) is 4.92 Å². The molecular formula is C6H7NO9. The number of aliphatic carboxylic acids is 3. The van der Waals surface area contributed by atoms with E-state index in [1.54, 1.807) is 0 Å². The summed E-state index contributed by atoms with van der Waals surface area (Å²) in [6, 6.07) is -2.96. The Bertz CT molecular complexity index is 336. The molecule has 16 heavy (non-hydrogen) atoms. The first-order valence-electron chi connectivity index (χ1n) is 3.66. The lowest BCUT2D eigenvalue weighted by molar-refractivity contribution is -0.528. The molecule has 0 amide bonds. The van der Waals surface area contributed by atoms with Gasteiger partial charge in [-0.3, -0.25) is 14.9 Å². The maximum atomic E-state index is 10.5. The molecule has 90 valence electrons. The molecule has 0 heterocycles. The van der Waals surface area contributed by atoms with E-state index >= 15 is 0 Å². The van der Waals surface area contributed by atoms with E-state index in [0.717, 1.165) is 0 Å². The predicted octanol–water partition coefficient (Wildman–Crippen LogP) is -1.99. The second kappa shape index (κ2) is 4.53. The van der Waals surface area contributed by atoms with Crippen molar-refractivity contribution in [2.45, 2.75) is 18.1 Å². The highest BCUT2D eigenvalue weighted by Gasteiger charge is 2.58. The van der Waals surface area contributed by atoms with Crippen LogP contribution in [0.4, 0.5) is 0 Å². The van der Waals surface area contributed by atoms with Gasteiger partial charge in [0.15, 0.2) is 0 Å². The molecule has 0 fully saturated rings. The topological polar surface area (TPSA) is 175 Å². The molecule has 0 aliphatic carbocycles. The highest BCUT2D eigenvalue weighted by molar-refractivity contribution is 5.90. The number of carbonyl (C=O) groups is 3. The molecule has 0 saturated carbocycles. The second-order valence-electron chi connectivity index (χ2n) is 2.83. The van der Waals surface area contributed by atoms with Gasteiger partial charge in [-0.2, -0.15) is 0 Å². The summed E-state index contributed by atoms with van der Waals surface area (Å²) in [6.07, 6.45) is -1.60. The third-order valence-electron chi connectivity index (χ3n) is 1.69. The van der Waals surface area contributed by atoms with Gasteiger partial charge < -0.3 is 20.4 Å². The molecule has 2 atom stereocenters. The molecule has 0 rings (SSSR count). The first-order valence-corrected chi connectivity index (χ1v) is 3.66. The average Bonchev–Trinajstić information content (AvgIpc) is 1.99. The molecule has 10 heteroatoms. The van der Waals surface area contributed by atoms with Crippen LogP contribution in [0.2, 0.25) is 0 Å². The average molecular weight is 237 g/mol. The summed E-state index contributed by atoms with van der Waals surface area (Å²) in [5.41, 5.74) is -3.50. The Balaban J connectivity index is 5.46. The maximum absolute atomic E-state index is 10.5. The van der Waals surface area contributed by atoms with Crippen LogP contribution >= 0.6 is 0 Å². The van der Waals surface area contributed by atoms with Crippen LogP contribution in [-0.2, 0) is 14.4 Å². The minimum atomic E-state index is -3.50. The van der Waals surface area contributed by atoms with Crippen LogP contribution in [0.1, 0.15) is 6.42 Å². The molecule has 0 aromatic rings. The molecule has 0 aromatic heterocycles. The fourth-order valence-corrected chi connectivity index (χ4v) is 0.989. The van der Waals surface area contributed by atoms with Crippen LogP contribution < -0.4 is 0 Å². The number of hydrogen-bond donors (Lipinski definition) is 4. The maximum Gasteiger partial charge on any atom is 0.383 e. The van der Waals surface area contributed by atoms with Gasteiger partial charge in [-0.05, 0) is 0 Å². The zero-order valence-corrected chi connectivity index (χ0v) is 7.56. The van der Waals surface area contributed by atoms with Crippen molar-refractivity contribution in [3.63, 3.8) is 0 Å². The Hall–Kier alpha value is -2.23. The molecule has 4 N–H and O–H groups in total. The molecule has 0 bridgehead atoms. The molecule has 10 nitrogen and oxygen atoms in total. The first-order chi connectivity index (χ1) is 7.12. The number of rotatable bonds is 6. The SMILES string of the molecule is O=C(O)CC(O)(C(=O)O)C(C(=O)O)[N+](=O)[O-]. The first kappa shape index (κ1) is 13.8. The quantitative estimate of drug-likeness (QED) is 0.300. The molecule has 0 spiro atoms. The van der Waals surface area contributed by atoms with Crippen LogP contribution in [0.25, 0.3) is 0 Å². The lowest BCUT2D eigenvalue weighted by atomic mass is 9.91. The van der Waals surface area contributed by atoms with Gasteiger partial charge in [0.05, 0.1) is 6.42 Å². The zero-order chi connectivity index (χ0) is 13.1. The van der Waals surface area contributed by atoms with Gasteiger partial charge in [0.2, 0.25) is 0 Å². The Morgan fingerprint density at radius 2 is 1.69 bits per heavy atom. The van der Waals surface area contributed by atoms with Crippen molar-refractivity contribution in [2.24, 2.45) is 0 Å². The van der Waals surface area contributed by atoms with Crippen molar-refractivity contribution in [2.75, 3.05) is 0 Å². The number of aliphatic hydroxyl groups is 1. The lowest BCUT2D eigenvalue weighted by Gasteiger charge is -2.21. The summed E-state index contributed by atoms with van der Waals surface area (Å²) < 4.78 is 0. The van der Waals surface area contributed by atoms with E-state index in [4.69, 9.17) is 15.3 Å². The van der Waals surface area contributed by atoms with Crippen molar-refractivity contribution in [1.29, 1.82) is 0 Å². The summed E-state index contributed by atoms with van der Waals surface area (Å²) >= 11 is 0. The minimum Gasteiger partial charge on any atom is -0.481 e.